The van der Waals surface area contributed by atoms with Crippen LogP contribution in [0.25, 0.3) is 5.57 Å². The van der Waals surface area contributed by atoms with Crippen LogP contribution in [0.4, 0.5) is 5.69 Å². The Morgan fingerprint density at radius 2 is 1.59 bits per heavy atom. The number of nitrogens with one attached hydrogen (secondary N) is 1. The molecule has 0 fully saturated rings. The number of hydrogen-bond donors (Lipinski definition) is 1. The van der Waals surface area contributed by atoms with Crippen LogP contribution < -0.4 is 19.5 Å². The van der Waals surface area contributed by atoms with Gasteiger partial charge in [-0.15, -0.1) is 0 Å². The number of para-hydroxylation sites is 1. The van der Waals surface area contributed by atoms with E-state index in [1.165, 1.54) is 12.0 Å². The Balaban J connectivity index is 2.00. The van der Waals surface area contributed by atoms with Crippen LogP contribution in [0.15, 0.2) is 48.2 Å². The van der Waals surface area contributed by atoms with Gasteiger partial charge in [-0.2, -0.15) is 0 Å². The molecule has 8 nitrogen and oxygen atoms in total. The molecule has 2 amide bonds. The Hall–Kier alpha value is -3.52. The summed E-state index contributed by atoms with van der Waals surface area (Å²) in [5.41, 5.74) is 1.61. The highest BCUT2D eigenvalue weighted by Crippen LogP contribution is 2.37. The normalized spacial score (nSPS) is 13.5. The third kappa shape index (κ3) is 5.51. The minimum absolute atomic E-state index is 0.192. The molecule has 1 aliphatic rings. The zero-order valence-corrected chi connectivity index (χ0v) is 20.2. The van der Waals surface area contributed by atoms with Crippen LogP contribution in [0.3, 0.4) is 0 Å². The van der Waals surface area contributed by atoms with Gasteiger partial charge in [0.25, 0.3) is 11.8 Å². The maximum atomic E-state index is 13.4. The molecule has 1 aliphatic heterocycles. The molecule has 0 spiro atoms. The molecule has 182 valence electrons. The molecular weight excluding hydrogens is 436 g/mol. The van der Waals surface area contributed by atoms with Crippen molar-refractivity contribution in [2.24, 2.45) is 0 Å². The van der Waals surface area contributed by atoms with Crippen molar-refractivity contribution in [1.29, 1.82) is 0 Å². The van der Waals surface area contributed by atoms with Crippen molar-refractivity contribution >= 4 is 23.1 Å². The maximum Gasteiger partial charge on any atom is 0.278 e. The van der Waals surface area contributed by atoms with Gasteiger partial charge < -0.3 is 24.3 Å². The van der Waals surface area contributed by atoms with Crippen molar-refractivity contribution in [3.63, 3.8) is 0 Å². The quantitative estimate of drug-likeness (QED) is 0.350. The zero-order chi connectivity index (χ0) is 24.5. The highest BCUT2D eigenvalue weighted by Gasteiger charge is 2.40. The Morgan fingerprint density at radius 3 is 2.29 bits per heavy atom. The highest BCUT2D eigenvalue weighted by atomic mass is 16.5. The average Bonchev–Trinajstić information content (AvgIpc) is 3.07. The van der Waals surface area contributed by atoms with E-state index in [9.17, 15) is 9.59 Å². The molecule has 2 aromatic rings. The third-order valence-electron chi connectivity index (χ3n) is 5.23. The van der Waals surface area contributed by atoms with Crippen LogP contribution in [0.5, 0.6) is 17.2 Å². The molecule has 1 N–H and O–H groups in total. The minimum Gasteiger partial charge on any atom is -0.496 e. The van der Waals surface area contributed by atoms with Gasteiger partial charge in [0, 0.05) is 37.1 Å². The summed E-state index contributed by atoms with van der Waals surface area (Å²) in [5, 5.41) is 3.17. The number of hydrogen-bond acceptors (Lipinski definition) is 7. The topological polar surface area (TPSA) is 86.3 Å². The molecule has 3 rings (SSSR count). The first-order valence-corrected chi connectivity index (χ1v) is 11.5. The molecule has 34 heavy (non-hydrogen) atoms. The number of carbonyl (C=O) groups is 2. The third-order valence-corrected chi connectivity index (χ3v) is 5.23. The molecule has 0 bridgehead atoms. The number of carbonyl (C=O) groups excluding carboxylic acids is 2. The van der Waals surface area contributed by atoms with Crippen molar-refractivity contribution in [3.8, 4) is 17.2 Å². The van der Waals surface area contributed by atoms with Gasteiger partial charge in [0.1, 0.15) is 11.4 Å². The monoisotopic (exact) mass is 468 g/mol. The molecule has 0 radical (unpaired) electrons. The lowest BCUT2D eigenvalue weighted by atomic mass is 10.0. The van der Waals surface area contributed by atoms with Gasteiger partial charge in [-0.25, -0.2) is 0 Å². The van der Waals surface area contributed by atoms with E-state index in [0.717, 1.165) is 0 Å². The van der Waals surface area contributed by atoms with Gasteiger partial charge in [-0.1, -0.05) is 18.2 Å². The van der Waals surface area contributed by atoms with E-state index in [0.29, 0.717) is 61.3 Å². The second-order valence-electron chi connectivity index (χ2n) is 7.42. The summed E-state index contributed by atoms with van der Waals surface area (Å²) in [6, 6.07) is 12.5. The summed E-state index contributed by atoms with van der Waals surface area (Å²) in [6.45, 7) is 7.96. The Bertz CT molecular complexity index is 1050. The molecule has 0 unspecified atom stereocenters. The first-order chi connectivity index (χ1) is 16.5. The fraction of sp³-hybridized carbons (Fsp3) is 0.385. The standard InChI is InChI=1S/C26H32N2O6/c1-5-32-16-10-15-28-25(29)23(19-11-8-9-12-20(19)31-4)24(26(28)30)27-18-13-14-21(33-6-2)22(17-18)34-7-3/h8-9,11-14,17,27H,5-7,10,15-16H2,1-4H3. The molecule has 0 saturated heterocycles. The van der Waals surface area contributed by atoms with Crippen LogP contribution in [0, 0.1) is 0 Å². The first kappa shape index (κ1) is 25.1. The van der Waals surface area contributed by atoms with Crippen LogP contribution in [-0.4, -0.2) is 56.8 Å². The van der Waals surface area contributed by atoms with Gasteiger partial charge >= 0.3 is 0 Å². The molecule has 0 saturated carbocycles. The summed E-state index contributed by atoms with van der Waals surface area (Å²) < 4.78 is 22.2. The Morgan fingerprint density at radius 1 is 0.853 bits per heavy atom. The second-order valence-corrected chi connectivity index (χ2v) is 7.42. The van der Waals surface area contributed by atoms with Gasteiger partial charge in [-0.05, 0) is 45.4 Å². The van der Waals surface area contributed by atoms with Gasteiger partial charge in [-0.3, -0.25) is 14.5 Å². The zero-order valence-electron chi connectivity index (χ0n) is 20.2. The number of methoxy groups -OCH3 is 1. The van der Waals surface area contributed by atoms with Crippen molar-refractivity contribution in [2.45, 2.75) is 27.2 Å². The lowest BCUT2D eigenvalue weighted by Crippen LogP contribution is -2.34. The molecule has 0 atom stereocenters. The summed E-state index contributed by atoms with van der Waals surface area (Å²) in [5.74, 6) is 0.911. The SMILES string of the molecule is CCOCCCN1C(=O)C(Nc2ccc(OCC)c(OCC)c2)=C(c2ccccc2OC)C1=O. The number of rotatable bonds is 13. The van der Waals surface area contributed by atoms with Crippen LogP contribution in [0.1, 0.15) is 32.8 Å². The molecule has 2 aromatic carbocycles. The summed E-state index contributed by atoms with van der Waals surface area (Å²) in [6.07, 6.45) is 0.551. The predicted octanol–water partition coefficient (Wildman–Crippen LogP) is 4.11. The number of anilines is 1. The Labute approximate surface area is 200 Å². The highest BCUT2D eigenvalue weighted by molar-refractivity contribution is 6.37. The smallest absolute Gasteiger partial charge is 0.278 e. The van der Waals surface area contributed by atoms with Gasteiger partial charge in [0.2, 0.25) is 0 Å². The number of imide groups is 1. The van der Waals surface area contributed by atoms with Crippen LogP contribution in [-0.2, 0) is 14.3 Å². The molecule has 1 heterocycles. The molecule has 0 aliphatic carbocycles. The predicted molar refractivity (Wildman–Crippen MR) is 130 cm³/mol. The lowest BCUT2D eigenvalue weighted by Gasteiger charge is -2.16. The van der Waals surface area contributed by atoms with E-state index in [4.69, 9.17) is 18.9 Å². The summed E-state index contributed by atoms with van der Waals surface area (Å²) >= 11 is 0. The maximum absolute atomic E-state index is 13.4. The fourth-order valence-electron chi connectivity index (χ4n) is 3.74. The van der Waals surface area contributed by atoms with Crippen molar-refractivity contribution in [2.75, 3.05) is 45.4 Å². The van der Waals surface area contributed by atoms with E-state index in [-0.39, 0.29) is 23.7 Å². The molecule has 8 heteroatoms. The van der Waals surface area contributed by atoms with E-state index in [1.54, 1.807) is 30.3 Å². The van der Waals surface area contributed by atoms with E-state index in [2.05, 4.69) is 5.32 Å². The van der Waals surface area contributed by atoms with E-state index >= 15 is 0 Å². The largest absolute Gasteiger partial charge is 0.496 e. The number of nitrogens with zero attached hydrogens (tertiary/aromatic N) is 1. The van der Waals surface area contributed by atoms with Gasteiger partial charge in [0.05, 0.1) is 25.9 Å². The molecule has 0 aromatic heterocycles. The van der Waals surface area contributed by atoms with E-state index in [1.807, 2.05) is 32.9 Å². The second kappa shape index (κ2) is 12.1. The van der Waals surface area contributed by atoms with Gasteiger partial charge in [0.15, 0.2) is 11.5 Å². The minimum atomic E-state index is -0.394. The molecular formula is C26H32N2O6. The lowest BCUT2D eigenvalue weighted by molar-refractivity contribution is -0.137. The fourth-order valence-corrected chi connectivity index (χ4v) is 3.74. The Kier molecular flexibility index (Phi) is 8.93. The summed E-state index contributed by atoms with van der Waals surface area (Å²) in [7, 11) is 1.54. The van der Waals surface area contributed by atoms with Crippen LogP contribution in [0.2, 0.25) is 0 Å². The average molecular weight is 469 g/mol. The first-order valence-electron chi connectivity index (χ1n) is 11.5. The van der Waals surface area contributed by atoms with Crippen molar-refractivity contribution in [3.05, 3.63) is 53.7 Å². The van der Waals surface area contributed by atoms with E-state index < -0.39 is 5.91 Å². The number of ether oxygens (including phenoxy) is 4. The van der Waals surface area contributed by atoms with Crippen molar-refractivity contribution in [1.82, 2.24) is 4.90 Å². The summed E-state index contributed by atoms with van der Waals surface area (Å²) in [4.78, 5) is 28.1. The van der Waals surface area contributed by atoms with Crippen molar-refractivity contribution < 1.29 is 28.5 Å². The number of amides is 2. The number of benzene rings is 2. The van der Waals surface area contributed by atoms with Crippen LogP contribution >= 0.6 is 0 Å².